The first-order chi connectivity index (χ1) is 14.0. The van der Waals surface area contributed by atoms with Gasteiger partial charge >= 0.3 is 0 Å². The van der Waals surface area contributed by atoms with Crippen LogP contribution in [0.4, 0.5) is 4.39 Å². The van der Waals surface area contributed by atoms with Crippen LogP contribution >= 0.6 is 11.3 Å². The van der Waals surface area contributed by atoms with E-state index in [2.05, 4.69) is 10.3 Å². The van der Waals surface area contributed by atoms with E-state index >= 15 is 0 Å². The van der Waals surface area contributed by atoms with Gasteiger partial charge in [0.2, 0.25) is 0 Å². The molecule has 29 heavy (non-hydrogen) atoms. The zero-order chi connectivity index (χ0) is 20.4. The standard InChI is InChI=1S/C22H20FN3O2S/c1-14-13-29-22(25-21(28)18-7-2-3-8-19(18)23)26(14)12-15-5-4-6-16(11-15)20(27)24-17-9-10-17/h2-8,11,13,17H,9-10,12H2,1H3,(H,24,27). The summed E-state index contributed by atoms with van der Waals surface area (Å²) in [6, 6.07) is 13.5. The molecule has 5 nitrogen and oxygen atoms in total. The molecule has 3 aromatic rings. The molecule has 0 saturated heterocycles. The molecule has 1 fully saturated rings. The molecule has 0 aliphatic heterocycles. The Morgan fingerprint density at radius 3 is 2.76 bits per heavy atom. The van der Waals surface area contributed by atoms with Gasteiger partial charge in [0.15, 0.2) is 4.80 Å². The van der Waals surface area contributed by atoms with Gasteiger partial charge in [-0.3, -0.25) is 9.59 Å². The fraction of sp³-hybridized carbons (Fsp3) is 0.227. The molecule has 1 aromatic heterocycles. The maximum atomic E-state index is 13.9. The van der Waals surface area contributed by atoms with Crippen molar-refractivity contribution in [2.24, 2.45) is 4.99 Å². The van der Waals surface area contributed by atoms with Gasteiger partial charge in [-0.15, -0.1) is 11.3 Å². The van der Waals surface area contributed by atoms with Crippen LogP contribution in [0.5, 0.6) is 0 Å². The topological polar surface area (TPSA) is 63.5 Å². The summed E-state index contributed by atoms with van der Waals surface area (Å²) in [6.45, 7) is 2.38. The van der Waals surface area contributed by atoms with Crippen molar-refractivity contribution in [3.8, 4) is 0 Å². The zero-order valence-corrected chi connectivity index (χ0v) is 16.7. The van der Waals surface area contributed by atoms with Gasteiger partial charge in [0.25, 0.3) is 11.8 Å². The lowest BCUT2D eigenvalue weighted by molar-refractivity contribution is 0.0949. The van der Waals surface area contributed by atoms with Gasteiger partial charge in [0.05, 0.1) is 12.1 Å². The minimum Gasteiger partial charge on any atom is -0.349 e. The fourth-order valence-electron chi connectivity index (χ4n) is 2.97. The summed E-state index contributed by atoms with van der Waals surface area (Å²) in [4.78, 5) is 29.4. The molecule has 1 heterocycles. The predicted octanol–water partition coefficient (Wildman–Crippen LogP) is 3.68. The number of aryl methyl sites for hydroxylation is 1. The molecule has 1 aliphatic carbocycles. The van der Waals surface area contributed by atoms with Gasteiger partial charge in [0, 0.05) is 22.7 Å². The quantitative estimate of drug-likeness (QED) is 0.699. The molecule has 0 radical (unpaired) electrons. The van der Waals surface area contributed by atoms with Crippen molar-refractivity contribution < 1.29 is 14.0 Å². The van der Waals surface area contributed by atoms with Gasteiger partial charge in [-0.1, -0.05) is 24.3 Å². The highest BCUT2D eigenvalue weighted by Gasteiger charge is 2.23. The second-order valence-corrected chi connectivity index (χ2v) is 7.93. The molecule has 4 rings (SSSR count). The van der Waals surface area contributed by atoms with E-state index in [-0.39, 0.29) is 11.5 Å². The number of carbonyl (C=O) groups excluding carboxylic acids is 2. The molecule has 1 aliphatic rings. The summed E-state index contributed by atoms with van der Waals surface area (Å²) >= 11 is 1.33. The first kappa shape index (κ1) is 19.3. The van der Waals surface area contributed by atoms with Crippen LogP contribution in [-0.2, 0) is 6.54 Å². The average Bonchev–Trinajstić information content (AvgIpc) is 3.47. The number of benzene rings is 2. The van der Waals surface area contributed by atoms with Crippen molar-refractivity contribution in [2.75, 3.05) is 0 Å². The molecular formula is C22H20FN3O2S. The van der Waals surface area contributed by atoms with Crippen LogP contribution in [0.2, 0.25) is 0 Å². The molecule has 1 N–H and O–H groups in total. The van der Waals surface area contributed by atoms with Crippen molar-refractivity contribution in [1.82, 2.24) is 9.88 Å². The first-order valence-corrected chi connectivity index (χ1v) is 10.3. The van der Waals surface area contributed by atoms with E-state index in [0.717, 1.165) is 24.1 Å². The highest BCUT2D eigenvalue weighted by Crippen LogP contribution is 2.19. The van der Waals surface area contributed by atoms with Crippen LogP contribution in [0.3, 0.4) is 0 Å². The number of rotatable bonds is 5. The number of thiazole rings is 1. The van der Waals surface area contributed by atoms with E-state index < -0.39 is 11.7 Å². The summed E-state index contributed by atoms with van der Waals surface area (Å²) in [6.07, 6.45) is 2.08. The second-order valence-electron chi connectivity index (χ2n) is 7.09. The summed E-state index contributed by atoms with van der Waals surface area (Å²) in [7, 11) is 0. The van der Waals surface area contributed by atoms with Crippen molar-refractivity contribution in [3.63, 3.8) is 0 Å². The van der Waals surface area contributed by atoms with Gasteiger partial charge in [-0.2, -0.15) is 4.99 Å². The summed E-state index contributed by atoms with van der Waals surface area (Å²) in [5.41, 5.74) is 2.42. The van der Waals surface area contributed by atoms with Gasteiger partial charge in [0.1, 0.15) is 5.82 Å². The van der Waals surface area contributed by atoms with Crippen molar-refractivity contribution in [3.05, 3.63) is 86.9 Å². The highest BCUT2D eigenvalue weighted by atomic mass is 32.1. The third-order valence-electron chi connectivity index (χ3n) is 4.74. The molecule has 0 bridgehead atoms. The maximum absolute atomic E-state index is 13.9. The Morgan fingerprint density at radius 2 is 2.00 bits per heavy atom. The SMILES string of the molecule is Cc1csc(=NC(=O)c2ccccc2F)n1Cc1cccc(C(=O)NC2CC2)c1. The van der Waals surface area contributed by atoms with Gasteiger partial charge < -0.3 is 9.88 Å². The van der Waals surface area contributed by atoms with E-state index in [4.69, 9.17) is 0 Å². The van der Waals surface area contributed by atoms with E-state index in [0.29, 0.717) is 23.0 Å². The van der Waals surface area contributed by atoms with Crippen molar-refractivity contribution >= 4 is 23.2 Å². The fourth-order valence-corrected chi connectivity index (χ4v) is 3.84. The van der Waals surface area contributed by atoms with Crippen LogP contribution in [0.15, 0.2) is 58.9 Å². The van der Waals surface area contributed by atoms with Crippen LogP contribution in [-0.4, -0.2) is 22.4 Å². The Balaban J connectivity index is 1.60. The number of hydrogen-bond acceptors (Lipinski definition) is 3. The lowest BCUT2D eigenvalue weighted by Gasteiger charge is -2.09. The Kier molecular flexibility index (Phi) is 5.40. The predicted molar refractivity (Wildman–Crippen MR) is 109 cm³/mol. The monoisotopic (exact) mass is 409 g/mol. The molecule has 0 spiro atoms. The number of nitrogens with one attached hydrogen (secondary N) is 1. The molecule has 2 aromatic carbocycles. The molecule has 0 atom stereocenters. The Labute approximate surface area is 171 Å². The number of amides is 2. The lowest BCUT2D eigenvalue weighted by Crippen LogP contribution is -2.25. The summed E-state index contributed by atoms with van der Waals surface area (Å²) in [5.74, 6) is -1.27. The molecule has 7 heteroatoms. The summed E-state index contributed by atoms with van der Waals surface area (Å²) in [5, 5.41) is 4.89. The van der Waals surface area contributed by atoms with Crippen LogP contribution in [0, 0.1) is 12.7 Å². The Morgan fingerprint density at radius 1 is 1.21 bits per heavy atom. The molecular weight excluding hydrogens is 389 g/mol. The van der Waals surface area contributed by atoms with Gasteiger partial charge in [-0.25, -0.2) is 4.39 Å². The largest absolute Gasteiger partial charge is 0.349 e. The number of halogens is 1. The zero-order valence-electron chi connectivity index (χ0n) is 15.9. The minimum atomic E-state index is -0.615. The Hall–Kier alpha value is -3.06. The molecule has 0 unspecified atom stereocenters. The molecule has 2 amide bonds. The summed E-state index contributed by atoms with van der Waals surface area (Å²) < 4.78 is 15.8. The number of nitrogens with zero attached hydrogens (tertiary/aromatic N) is 2. The van der Waals surface area contributed by atoms with Crippen molar-refractivity contribution in [2.45, 2.75) is 32.4 Å². The second kappa shape index (κ2) is 8.13. The maximum Gasteiger partial charge on any atom is 0.282 e. The number of hydrogen-bond donors (Lipinski definition) is 1. The first-order valence-electron chi connectivity index (χ1n) is 9.39. The normalized spacial score (nSPS) is 14.1. The minimum absolute atomic E-state index is 0.0520. The Bertz CT molecular complexity index is 1140. The van der Waals surface area contributed by atoms with Crippen LogP contribution in [0.1, 0.15) is 44.8 Å². The van der Waals surface area contributed by atoms with Crippen LogP contribution in [0.25, 0.3) is 0 Å². The van der Waals surface area contributed by atoms with E-state index in [1.165, 1.54) is 29.5 Å². The van der Waals surface area contributed by atoms with E-state index in [1.807, 2.05) is 35.1 Å². The van der Waals surface area contributed by atoms with E-state index in [1.54, 1.807) is 12.1 Å². The smallest absolute Gasteiger partial charge is 0.282 e. The third kappa shape index (κ3) is 4.51. The lowest BCUT2D eigenvalue weighted by atomic mass is 10.1. The molecule has 1 saturated carbocycles. The highest BCUT2D eigenvalue weighted by molar-refractivity contribution is 7.07. The third-order valence-corrected chi connectivity index (χ3v) is 5.72. The number of aromatic nitrogens is 1. The number of carbonyl (C=O) groups is 2. The van der Waals surface area contributed by atoms with Gasteiger partial charge in [-0.05, 0) is 49.6 Å². The molecule has 148 valence electrons. The van der Waals surface area contributed by atoms with Crippen molar-refractivity contribution in [1.29, 1.82) is 0 Å². The van der Waals surface area contributed by atoms with E-state index in [9.17, 15) is 14.0 Å². The average molecular weight is 409 g/mol. The van der Waals surface area contributed by atoms with Crippen LogP contribution < -0.4 is 10.1 Å².